The van der Waals surface area contributed by atoms with E-state index in [1.165, 1.54) is 0 Å². The highest BCUT2D eigenvalue weighted by atomic mass is 35.5. The van der Waals surface area contributed by atoms with Crippen LogP contribution in [-0.2, 0) is 6.61 Å². The zero-order valence-corrected chi connectivity index (χ0v) is 11.3. The van der Waals surface area contributed by atoms with Crippen LogP contribution in [0, 0.1) is 0 Å². The van der Waals surface area contributed by atoms with Crippen molar-refractivity contribution in [3.8, 4) is 5.75 Å². The number of nitrogens with two attached hydrogens (primary N) is 1. The molecule has 102 valence electrons. The summed E-state index contributed by atoms with van der Waals surface area (Å²) in [6.45, 7) is -0.0721. The summed E-state index contributed by atoms with van der Waals surface area (Å²) in [4.78, 5) is 0. The van der Waals surface area contributed by atoms with Crippen molar-refractivity contribution < 1.29 is 9.13 Å². The fourth-order valence-electron chi connectivity index (χ4n) is 1.66. The maximum absolute atomic E-state index is 12.5. The molecule has 0 amide bonds. The van der Waals surface area contributed by atoms with Gasteiger partial charge in [-0.25, -0.2) is 4.39 Å². The van der Waals surface area contributed by atoms with Gasteiger partial charge >= 0.3 is 0 Å². The Bertz CT molecular complexity index is 493. The highest BCUT2D eigenvalue weighted by Gasteiger charge is 2.06. The van der Waals surface area contributed by atoms with Crippen molar-refractivity contribution in [1.82, 2.24) is 0 Å². The van der Waals surface area contributed by atoms with E-state index in [0.29, 0.717) is 12.4 Å². The van der Waals surface area contributed by atoms with E-state index in [1.807, 2.05) is 42.5 Å². The zero-order chi connectivity index (χ0) is 12.8. The van der Waals surface area contributed by atoms with E-state index in [2.05, 4.69) is 0 Å². The van der Waals surface area contributed by atoms with Crippen LogP contribution in [0.15, 0.2) is 54.6 Å². The largest absolute Gasteiger partial charge is 0.489 e. The molecular formula is C15H17ClFNO. The molecule has 0 saturated carbocycles. The van der Waals surface area contributed by atoms with Gasteiger partial charge in [0.1, 0.15) is 19.0 Å². The highest BCUT2D eigenvalue weighted by molar-refractivity contribution is 5.85. The van der Waals surface area contributed by atoms with Gasteiger partial charge in [-0.05, 0) is 23.3 Å². The number of benzene rings is 2. The molecule has 1 atom stereocenters. The minimum atomic E-state index is -0.578. The summed E-state index contributed by atoms with van der Waals surface area (Å²) in [5, 5.41) is 0. The molecule has 2 aromatic carbocycles. The Kier molecular flexibility index (Phi) is 6.33. The van der Waals surface area contributed by atoms with Gasteiger partial charge in [0, 0.05) is 0 Å². The lowest BCUT2D eigenvalue weighted by Gasteiger charge is -2.10. The number of hydrogen-bond donors (Lipinski definition) is 1. The summed E-state index contributed by atoms with van der Waals surface area (Å²) in [5.41, 5.74) is 7.49. The van der Waals surface area contributed by atoms with Crippen molar-refractivity contribution in [1.29, 1.82) is 0 Å². The molecule has 0 aliphatic heterocycles. The Morgan fingerprint density at radius 1 is 1.05 bits per heavy atom. The average molecular weight is 282 g/mol. The lowest BCUT2D eigenvalue weighted by atomic mass is 10.1. The third kappa shape index (κ3) is 4.54. The quantitative estimate of drug-likeness (QED) is 0.908. The molecule has 19 heavy (non-hydrogen) atoms. The minimum Gasteiger partial charge on any atom is -0.489 e. The van der Waals surface area contributed by atoms with Crippen LogP contribution in [0.5, 0.6) is 5.75 Å². The number of halogens is 2. The number of hydrogen-bond acceptors (Lipinski definition) is 2. The van der Waals surface area contributed by atoms with Gasteiger partial charge < -0.3 is 10.5 Å². The van der Waals surface area contributed by atoms with Crippen LogP contribution >= 0.6 is 12.4 Å². The first-order valence-corrected chi connectivity index (χ1v) is 5.88. The van der Waals surface area contributed by atoms with E-state index >= 15 is 0 Å². The molecule has 0 saturated heterocycles. The Labute approximate surface area is 118 Å². The minimum absolute atomic E-state index is 0. The standard InChI is InChI=1S/C15H16FNO.ClH/c16-10-15(17)13-7-4-8-14(9-13)18-11-12-5-2-1-3-6-12;/h1-9,15H,10-11,17H2;1H/t15-;/m0./s1. The van der Waals surface area contributed by atoms with Crippen molar-refractivity contribution in [2.75, 3.05) is 6.67 Å². The molecule has 2 nitrogen and oxygen atoms in total. The summed E-state index contributed by atoms with van der Waals surface area (Å²) < 4.78 is 18.1. The molecule has 4 heteroatoms. The molecule has 0 aliphatic rings. The van der Waals surface area contributed by atoms with Crippen molar-refractivity contribution in [3.05, 3.63) is 65.7 Å². The molecule has 0 aliphatic carbocycles. The van der Waals surface area contributed by atoms with Crippen LogP contribution < -0.4 is 10.5 Å². The molecule has 0 fully saturated rings. The normalized spacial score (nSPS) is 11.5. The Morgan fingerprint density at radius 2 is 1.79 bits per heavy atom. The second kappa shape index (κ2) is 7.77. The first kappa shape index (κ1) is 15.5. The second-order valence-electron chi connectivity index (χ2n) is 4.11. The average Bonchev–Trinajstić information content (AvgIpc) is 2.45. The predicted octanol–water partition coefficient (Wildman–Crippen LogP) is 3.66. The number of rotatable bonds is 5. The van der Waals surface area contributed by atoms with Crippen LogP contribution in [0.4, 0.5) is 4.39 Å². The fraction of sp³-hybridized carbons (Fsp3) is 0.200. The van der Waals surface area contributed by atoms with Gasteiger partial charge in [-0.1, -0.05) is 42.5 Å². The van der Waals surface area contributed by atoms with E-state index < -0.39 is 12.7 Å². The van der Waals surface area contributed by atoms with E-state index in [9.17, 15) is 4.39 Å². The smallest absolute Gasteiger partial charge is 0.120 e. The maximum Gasteiger partial charge on any atom is 0.120 e. The Morgan fingerprint density at radius 3 is 2.47 bits per heavy atom. The summed E-state index contributed by atoms with van der Waals surface area (Å²) in [5.74, 6) is 0.709. The lowest BCUT2D eigenvalue weighted by molar-refractivity contribution is 0.305. The number of alkyl halides is 1. The van der Waals surface area contributed by atoms with Crippen molar-refractivity contribution >= 4 is 12.4 Å². The number of ether oxygens (including phenoxy) is 1. The maximum atomic E-state index is 12.5. The molecule has 0 radical (unpaired) electrons. The first-order valence-electron chi connectivity index (χ1n) is 5.88. The van der Waals surface area contributed by atoms with Gasteiger partial charge in [0.25, 0.3) is 0 Å². The molecular weight excluding hydrogens is 265 g/mol. The predicted molar refractivity (Wildman–Crippen MR) is 77.4 cm³/mol. The molecule has 2 rings (SSSR count). The van der Waals surface area contributed by atoms with Crippen molar-refractivity contribution in [3.63, 3.8) is 0 Å². The SMILES string of the molecule is Cl.N[C@@H](CF)c1cccc(OCc2ccccc2)c1. The Balaban J connectivity index is 0.00000180. The van der Waals surface area contributed by atoms with Gasteiger partial charge in [0.15, 0.2) is 0 Å². The summed E-state index contributed by atoms with van der Waals surface area (Å²) in [6, 6.07) is 16.6. The second-order valence-corrected chi connectivity index (χ2v) is 4.11. The molecule has 0 unspecified atom stereocenters. The van der Waals surface area contributed by atoms with Crippen molar-refractivity contribution in [2.45, 2.75) is 12.6 Å². The summed E-state index contributed by atoms with van der Waals surface area (Å²) in [6.07, 6.45) is 0. The lowest BCUT2D eigenvalue weighted by Crippen LogP contribution is -2.12. The van der Waals surface area contributed by atoms with Gasteiger partial charge in [0.2, 0.25) is 0 Å². The van der Waals surface area contributed by atoms with Gasteiger partial charge in [-0.3, -0.25) is 0 Å². The highest BCUT2D eigenvalue weighted by Crippen LogP contribution is 2.19. The van der Waals surface area contributed by atoms with Crippen LogP contribution in [-0.4, -0.2) is 6.67 Å². The molecule has 0 spiro atoms. The molecule has 0 bridgehead atoms. The van der Waals surface area contributed by atoms with Crippen LogP contribution in [0.2, 0.25) is 0 Å². The third-order valence-corrected chi connectivity index (χ3v) is 2.70. The summed E-state index contributed by atoms with van der Waals surface area (Å²) >= 11 is 0. The van der Waals surface area contributed by atoms with Crippen LogP contribution in [0.25, 0.3) is 0 Å². The van der Waals surface area contributed by atoms with Crippen LogP contribution in [0.1, 0.15) is 17.2 Å². The topological polar surface area (TPSA) is 35.2 Å². The van der Waals surface area contributed by atoms with Crippen molar-refractivity contribution in [2.24, 2.45) is 5.73 Å². The van der Waals surface area contributed by atoms with Gasteiger partial charge in [-0.15, -0.1) is 12.4 Å². The monoisotopic (exact) mass is 281 g/mol. The van der Waals surface area contributed by atoms with E-state index in [-0.39, 0.29) is 12.4 Å². The summed E-state index contributed by atoms with van der Waals surface area (Å²) in [7, 11) is 0. The fourth-order valence-corrected chi connectivity index (χ4v) is 1.66. The third-order valence-electron chi connectivity index (χ3n) is 2.70. The molecule has 0 heterocycles. The van der Waals surface area contributed by atoms with Gasteiger partial charge in [-0.2, -0.15) is 0 Å². The van der Waals surface area contributed by atoms with E-state index in [0.717, 1.165) is 11.1 Å². The van der Waals surface area contributed by atoms with Crippen LogP contribution in [0.3, 0.4) is 0 Å². The first-order chi connectivity index (χ1) is 8.79. The molecule has 2 N–H and O–H groups in total. The van der Waals surface area contributed by atoms with E-state index in [1.54, 1.807) is 12.1 Å². The van der Waals surface area contributed by atoms with Gasteiger partial charge in [0.05, 0.1) is 6.04 Å². The molecule has 2 aromatic rings. The molecule has 0 aromatic heterocycles. The van der Waals surface area contributed by atoms with E-state index in [4.69, 9.17) is 10.5 Å². The zero-order valence-electron chi connectivity index (χ0n) is 10.5. The Hall–Kier alpha value is -1.58.